The first-order chi connectivity index (χ1) is 7.75. The summed E-state index contributed by atoms with van der Waals surface area (Å²) in [6.07, 6.45) is 1.36. The van der Waals surface area contributed by atoms with E-state index in [2.05, 4.69) is 20.6 Å². The van der Waals surface area contributed by atoms with E-state index >= 15 is 0 Å². The fourth-order valence-corrected chi connectivity index (χ4v) is 1.42. The molecule has 2 rings (SSSR count). The second kappa shape index (κ2) is 4.65. The first kappa shape index (κ1) is 10.5. The summed E-state index contributed by atoms with van der Waals surface area (Å²) in [5, 5.41) is 13.7. The maximum Gasteiger partial charge on any atom is 0.204 e. The lowest BCUT2D eigenvalue weighted by Gasteiger charge is -2.00. The Morgan fingerprint density at radius 1 is 1.31 bits per heavy atom. The summed E-state index contributed by atoms with van der Waals surface area (Å²) in [5.74, 6) is 0.792. The number of nitrogens with one attached hydrogen (secondary N) is 1. The Kier molecular flexibility index (Phi) is 3.05. The van der Waals surface area contributed by atoms with E-state index < -0.39 is 0 Å². The number of aromatic amines is 1. The highest BCUT2D eigenvalue weighted by Gasteiger charge is 2.02. The summed E-state index contributed by atoms with van der Waals surface area (Å²) in [6.45, 7) is 1.60. The van der Waals surface area contributed by atoms with Crippen molar-refractivity contribution in [2.24, 2.45) is 0 Å². The van der Waals surface area contributed by atoms with Crippen molar-refractivity contribution in [3.05, 3.63) is 29.8 Å². The summed E-state index contributed by atoms with van der Waals surface area (Å²) in [5.41, 5.74) is 2.06. The zero-order valence-electron chi connectivity index (χ0n) is 8.97. The summed E-state index contributed by atoms with van der Waals surface area (Å²) in [7, 11) is 0. The number of benzene rings is 1. The van der Waals surface area contributed by atoms with Crippen LogP contribution in [0, 0.1) is 0 Å². The molecule has 0 spiro atoms. The molecule has 1 heterocycles. The quantitative estimate of drug-likeness (QED) is 0.838. The number of hydrogen-bond donors (Lipinski definition) is 1. The van der Waals surface area contributed by atoms with Crippen LogP contribution < -0.4 is 0 Å². The van der Waals surface area contributed by atoms with Gasteiger partial charge in [-0.2, -0.15) is 5.21 Å². The lowest BCUT2D eigenvalue weighted by molar-refractivity contribution is -0.116. The molecule has 0 bridgehead atoms. The van der Waals surface area contributed by atoms with Crippen LogP contribution in [0.4, 0.5) is 0 Å². The number of nitrogens with zero attached hydrogens (tertiary/aromatic N) is 3. The van der Waals surface area contributed by atoms with Gasteiger partial charge in [0.2, 0.25) is 5.82 Å². The van der Waals surface area contributed by atoms with Crippen molar-refractivity contribution in [3.8, 4) is 11.4 Å². The lowest BCUT2D eigenvalue weighted by atomic mass is 10.1. The van der Waals surface area contributed by atoms with Gasteiger partial charge in [0.25, 0.3) is 0 Å². The van der Waals surface area contributed by atoms with Gasteiger partial charge in [0.1, 0.15) is 5.78 Å². The number of hydrogen-bond acceptors (Lipinski definition) is 4. The standard InChI is InChI=1S/C11H12N4O/c1-8(16)2-3-9-4-6-10(7-5-9)11-12-14-15-13-11/h4-7H,2-3H2,1H3,(H,12,13,14,15). The molecule has 16 heavy (non-hydrogen) atoms. The van der Waals surface area contributed by atoms with Crippen molar-refractivity contribution in [3.63, 3.8) is 0 Å². The molecule has 0 saturated heterocycles. The minimum atomic E-state index is 0.210. The molecule has 0 aliphatic carbocycles. The van der Waals surface area contributed by atoms with Gasteiger partial charge in [0.05, 0.1) is 0 Å². The van der Waals surface area contributed by atoms with E-state index in [0.29, 0.717) is 12.2 Å². The highest BCUT2D eigenvalue weighted by Crippen LogP contribution is 2.14. The molecular weight excluding hydrogens is 204 g/mol. The third-order valence-corrected chi connectivity index (χ3v) is 2.32. The lowest BCUT2D eigenvalue weighted by Crippen LogP contribution is -1.93. The van der Waals surface area contributed by atoms with Gasteiger partial charge < -0.3 is 4.79 Å². The number of rotatable bonds is 4. The highest BCUT2D eigenvalue weighted by molar-refractivity contribution is 5.75. The van der Waals surface area contributed by atoms with Crippen LogP contribution in [0.2, 0.25) is 0 Å². The molecule has 1 N–H and O–H groups in total. The van der Waals surface area contributed by atoms with Gasteiger partial charge in [-0.1, -0.05) is 24.3 Å². The molecule has 1 aromatic heterocycles. The van der Waals surface area contributed by atoms with Crippen LogP contribution >= 0.6 is 0 Å². The zero-order valence-corrected chi connectivity index (χ0v) is 8.97. The van der Waals surface area contributed by atoms with Crippen molar-refractivity contribution in [2.45, 2.75) is 19.8 Å². The molecule has 0 unspecified atom stereocenters. The molecule has 5 nitrogen and oxygen atoms in total. The molecule has 1 aromatic carbocycles. The number of Topliss-reactive ketones (excluding diaryl/α,β-unsaturated/α-hetero) is 1. The largest absolute Gasteiger partial charge is 0.300 e. The van der Waals surface area contributed by atoms with Gasteiger partial charge in [0.15, 0.2) is 0 Å². The normalized spacial score (nSPS) is 10.3. The van der Waals surface area contributed by atoms with Crippen LogP contribution in [0.25, 0.3) is 11.4 Å². The topological polar surface area (TPSA) is 71.5 Å². The van der Waals surface area contributed by atoms with Gasteiger partial charge in [-0.3, -0.25) is 0 Å². The Morgan fingerprint density at radius 3 is 2.62 bits per heavy atom. The van der Waals surface area contributed by atoms with Crippen LogP contribution in [0.1, 0.15) is 18.9 Å². The molecule has 0 amide bonds. The van der Waals surface area contributed by atoms with E-state index in [1.807, 2.05) is 24.3 Å². The number of carbonyl (C=O) groups excluding carboxylic acids is 1. The van der Waals surface area contributed by atoms with Gasteiger partial charge in [0, 0.05) is 12.0 Å². The van der Waals surface area contributed by atoms with Gasteiger partial charge in [-0.25, -0.2) is 0 Å². The predicted molar refractivity (Wildman–Crippen MR) is 58.6 cm³/mol. The molecule has 5 heteroatoms. The van der Waals surface area contributed by atoms with Crippen molar-refractivity contribution < 1.29 is 4.79 Å². The van der Waals surface area contributed by atoms with Crippen LogP contribution in [0.3, 0.4) is 0 Å². The molecule has 0 fully saturated rings. The van der Waals surface area contributed by atoms with E-state index in [-0.39, 0.29) is 5.78 Å². The van der Waals surface area contributed by atoms with Gasteiger partial charge in [-0.15, -0.1) is 10.2 Å². The number of aryl methyl sites for hydroxylation is 1. The molecule has 2 aromatic rings. The average molecular weight is 216 g/mol. The van der Waals surface area contributed by atoms with Crippen LogP contribution in [0.5, 0.6) is 0 Å². The first-order valence-corrected chi connectivity index (χ1v) is 5.08. The van der Waals surface area contributed by atoms with Gasteiger partial charge >= 0.3 is 0 Å². The van der Waals surface area contributed by atoms with Gasteiger partial charge in [-0.05, 0) is 24.1 Å². The molecule has 0 atom stereocenters. The van der Waals surface area contributed by atoms with Crippen molar-refractivity contribution in [1.29, 1.82) is 0 Å². The Labute approximate surface area is 92.9 Å². The molecule has 82 valence electrons. The second-order valence-electron chi connectivity index (χ2n) is 3.63. The molecule has 0 radical (unpaired) electrons. The van der Waals surface area contributed by atoms with Crippen molar-refractivity contribution in [2.75, 3.05) is 0 Å². The first-order valence-electron chi connectivity index (χ1n) is 5.08. The van der Waals surface area contributed by atoms with Crippen molar-refractivity contribution in [1.82, 2.24) is 20.6 Å². The molecule has 0 aliphatic heterocycles. The summed E-state index contributed by atoms with van der Waals surface area (Å²) in [6, 6.07) is 7.82. The fourth-order valence-electron chi connectivity index (χ4n) is 1.42. The van der Waals surface area contributed by atoms with Crippen LogP contribution in [-0.4, -0.2) is 26.4 Å². The smallest absolute Gasteiger partial charge is 0.204 e. The highest BCUT2D eigenvalue weighted by atomic mass is 16.1. The molecule has 0 saturated carbocycles. The Hall–Kier alpha value is -2.04. The van der Waals surface area contributed by atoms with E-state index in [4.69, 9.17) is 0 Å². The number of tetrazole rings is 1. The minimum absolute atomic E-state index is 0.210. The van der Waals surface area contributed by atoms with E-state index in [1.165, 1.54) is 0 Å². The Bertz CT molecular complexity index is 461. The van der Waals surface area contributed by atoms with E-state index in [9.17, 15) is 4.79 Å². The Balaban J connectivity index is 2.08. The van der Waals surface area contributed by atoms with E-state index in [1.54, 1.807) is 6.92 Å². The number of H-pyrrole nitrogens is 1. The monoisotopic (exact) mass is 216 g/mol. The zero-order chi connectivity index (χ0) is 11.4. The van der Waals surface area contributed by atoms with E-state index in [0.717, 1.165) is 17.5 Å². The summed E-state index contributed by atoms with van der Waals surface area (Å²) < 4.78 is 0. The second-order valence-corrected chi connectivity index (χ2v) is 3.63. The maximum absolute atomic E-state index is 10.8. The number of ketones is 1. The maximum atomic E-state index is 10.8. The summed E-state index contributed by atoms with van der Waals surface area (Å²) >= 11 is 0. The SMILES string of the molecule is CC(=O)CCc1ccc(-c2nn[nH]n2)cc1. The number of aromatic nitrogens is 4. The molecule has 0 aliphatic rings. The average Bonchev–Trinajstić information content (AvgIpc) is 2.80. The van der Waals surface area contributed by atoms with Crippen LogP contribution in [0.15, 0.2) is 24.3 Å². The minimum Gasteiger partial charge on any atom is -0.300 e. The number of carbonyl (C=O) groups is 1. The Morgan fingerprint density at radius 2 is 2.06 bits per heavy atom. The summed E-state index contributed by atoms with van der Waals surface area (Å²) in [4.78, 5) is 10.8. The van der Waals surface area contributed by atoms with Crippen LogP contribution in [-0.2, 0) is 11.2 Å². The predicted octanol–water partition coefficient (Wildman–Crippen LogP) is 1.39. The van der Waals surface area contributed by atoms with Crippen molar-refractivity contribution >= 4 is 5.78 Å². The third-order valence-electron chi connectivity index (χ3n) is 2.32. The third kappa shape index (κ3) is 2.50. The molecular formula is C11H12N4O. The fraction of sp³-hybridized carbons (Fsp3) is 0.273.